The summed E-state index contributed by atoms with van der Waals surface area (Å²) < 4.78 is 26.0. The van der Waals surface area contributed by atoms with Crippen LogP contribution in [0, 0.1) is 0 Å². The highest BCUT2D eigenvalue weighted by Crippen LogP contribution is 1.67. The van der Waals surface area contributed by atoms with Crippen LogP contribution in [0.15, 0.2) is 12.6 Å². The first-order valence-corrected chi connectivity index (χ1v) is 1.14. The van der Waals surface area contributed by atoms with Crippen LogP contribution in [0.5, 0.6) is 0 Å². The van der Waals surface area contributed by atoms with Crippen molar-refractivity contribution in [2.24, 2.45) is 0 Å². The summed E-state index contributed by atoms with van der Waals surface area (Å²) in [7, 11) is 0. The van der Waals surface area contributed by atoms with Crippen molar-refractivity contribution >= 4 is 11.6 Å². The molecule has 24 valence electrons. The molecule has 0 bridgehead atoms. The van der Waals surface area contributed by atoms with Gasteiger partial charge in [0, 0.05) is 8.57 Å². The molecule has 1 heteroatoms. The first-order valence-electron chi connectivity index (χ1n) is 2.77. The monoisotopic (exact) mass is 80.0 g/mol. The van der Waals surface area contributed by atoms with Crippen molar-refractivity contribution in [3.05, 3.63) is 12.6 Å². The molecule has 4 heavy (non-hydrogen) atoms. The van der Waals surface area contributed by atoms with Crippen molar-refractivity contribution in [1.82, 2.24) is 0 Å². The highest BCUT2D eigenvalue weighted by Gasteiger charge is 1.48. The zero-order chi connectivity index (χ0) is 6.78. The Hall–Kier alpha value is 0.0300. The van der Waals surface area contributed by atoms with Gasteiger partial charge in [0.1, 0.15) is 0 Å². The summed E-state index contributed by atoms with van der Waals surface area (Å²) >= 11 is 4.95. The van der Waals surface area contributed by atoms with E-state index in [0.29, 0.717) is 6.08 Å². The third-order valence-corrected chi connectivity index (χ3v) is 0.164. The minimum Gasteiger partial charge on any atom is -0.122 e. The van der Waals surface area contributed by atoms with Crippen molar-refractivity contribution in [3.8, 4) is 0 Å². The maximum atomic E-state index is 6.58. The molecular formula is C3H5Cl. The quantitative estimate of drug-likeness (QED) is 0.330. The second-order valence-corrected chi connectivity index (χ2v) is 0.472. The second kappa shape index (κ2) is 3.03. The molecule has 0 aromatic heterocycles. The van der Waals surface area contributed by atoms with Gasteiger partial charge in [-0.3, -0.25) is 0 Å². The molecule has 0 aliphatic rings. The summed E-state index contributed by atoms with van der Waals surface area (Å²) in [5.74, 6) is -2.04. The minimum absolute atomic E-state index is 0.606. The van der Waals surface area contributed by atoms with Gasteiger partial charge in [-0.1, -0.05) is 6.08 Å². The van der Waals surface area contributed by atoms with Crippen molar-refractivity contribution in [2.45, 2.75) is 0 Å². The van der Waals surface area contributed by atoms with Gasteiger partial charge in [-0.2, -0.15) is 0 Å². The predicted octanol–water partition coefficient (Wildman–Crippen LogP) is 1.41. The Morgan fingerprint density at radius 2 is 3.50 bits per heavy atom. The van der Waals surface area contributed by atoms with Gasteiger partial charge < -0.3 is 0 Å². The Labute approximate surface area is 36.7 Å². The molecule has 0 unspecified atom stereocenters. The summed E-state index contributed by atoms with van der Waals surface area (Å²) in [6.45, 7) is -0.606. The largest absolute Gasteiger partial charge is 0.122 e. The zero-order valence-electron chi connectivity index (χ0n) is 5.96. The van der Waals surface area contributed by atoms with Gasteiger partial charge in [0.05, 0.1) is 2.74 Å². The average Bonchev–Trinajstić information content (AvgIpc) is 1.21. The summed E-state index contributed by atoms with van der Waals surface area (Å²) in [6.07, 6.45) is 0.703. The van der Waals surface area contributed by atoms with Gasteiger partial charge >= 0.3 is 0 Å². The summed E-state index contributed by atoms with van der Waals surface area (Å²) in [5, 5.41) is 0. The molecule has 0 atom stereocenters. The third-order valence-electron chi connectivity index (χ3n) is 0.0546. The molecule has 0 fully saturated rings. The number of hydrogen-bond acceptors (Lipinski definition) is 0. The molecule has 0 heterocycles. The molecule has 0 aliphatic carbocycles. The van der Waals surface area contributed by atoms with E-state index in [1.54, 1.807) is 0 Å². The van der Waals surface area contributed by atoms with Gasteiger partial charge in [-0.05, 0) is 0 Å². The van der Waals surface area contributed by atoms with Crippen molar-refractivity contribution in [3.63, 3.8) is 0 Å². The van der Waals surface area contributed by atoms with Crippen molar-refractivity contribution in [1.29, 1.82) is 0 Å². The van der Waals surface area contributed by atoms with Crippen molar-refractivity contribution in [2.75, 3.05) is 5.83 Å². The molecule has 0 aromatic carbocycles. The Bertz CT molecular complexity index is 98.3. The summed E-state index contributed by atoms with van der Waals surface area (Å²) in [5.41, 5.74) is 0. The predicted molar refractivity (Wildman–Crippen MR) is 20.9 cm³/mol. The van der Waals surface area contributed by atoms with Gasteiger partial charge in [0.25, 0.3) is 0 Å². The Morgan fingerprint density at radius 1 is 2.75 bits per heavy atom. The zero-order valence-corrected chi connectivity index (χ0v) is 2.71. The van der Waals surface area contributed by atoms with Crippen LogP contribution in [0.4, 0.5) is 0 Å². The highest BCUT2D eigenvalue weighted by atomic mass is 35.5. The normalized spacial score (nSPS) is 23.2. The van der Waals surface area contributed by atoms with Crippen LogP contribution < -0.4 is 0 Å². The molecule has 0 radical (unpaired) electrons. The van der Waals surface area contributed by atoms with Crippen LogP contribution in [0.1, 0.15) is 5.48 Å². The SMILES string of the molecule is [2H]C([2H])=CC([2H])([2H])Cl. The van der Waals surface area contributed by atoms with Crippen LogP contribution in [0.2, 0.25) is 0 Å². The maximum absolute atomic E-state index is 6.58. The Balaban J connectivity index is 3.89. The van der Waals surface area contributed by atoms with Crippen LogP contribution in [-0.2, 0) is 0 Å². The van der Waals surface area contributed by atoms with Crippen LogP contribution >= 0.6 is 11.6 Å². The highest BCUT2D eigenvalue weighted by molar-refractivity contribution is 6.18. The lowest BCUT2D eigenvalue weighted by Crippen LogP contribution is -1.45. The number of allylic oxidation sites excluding steroid dienone is 1. The van der Waals surface area contributed by atoms with Gasteiger partial charge in [0.2, 0.25) is 0 Å². The lowest BCUT2D eigenvalue weighted by Gasteiger charge is -1.55. The smallest absolute Gasteiger partial charge is 0.0535 e. The molecule has 0 amide bonds. The fourth-order valence-corrected chi connectivity index (χ4v) is 0. The molecule has 0 saturated carbocycles. The summed E-state index contributed by atoms with van der Waals surface area (Å²) in [4.78, 5) is 0. The molecule has 0 spiro atoms. The molecule has 0 aromatic rings. The topological polar surface area (TPSA) is 0 Å². The maximum Gasteiger partial charge on any atom is 0.0535 e. The van der Waals surface area contributed by atoms with Gasteiger partial charge in [-0.25, -0.2) is 0 Å². The first kappa shape index (κ1) is 0.749. The molecule has 0 rings (SSSR count). The number of halogens is 1. The third kappa shape index (κ3) is 2.03. The lowest BCUT2D eigenvalue weighted by atomic mass is 10.8. The van der Waals surface area contributed by atoms with E-state index in [-0.39, 0.29) is 0 Å². The number of hydrogen-bond donors (Lipinski definition) is 0. The van der Waals surface area contributed by atoms with Crippen LogP contribution in [0.25, 0.3) is 0 Å². The Morgan fingerprint density at radius 3 is 3.50 bits per heavy atom. The standard InChI is InChI=1S/C3H5Cl/c1-2-3-4/h2H,1,3H2/i1D2,3D2. The fraction of sp³-hybridized carbons (Fsp3) is 0.333. The minimum atomic E-state index is -2.04. The molecule has 0 saturated heterocycles. The lowest BCUT2D eigenvalue weighted by molar-refractivity contribution is 1.80. The van der Waals surface area contributed by atoms with E-state index in [4.69, 9.17) is 17.1 Å². The van der Waals surface area contributed by atoms with Crippen LogP contribution in [-0.4, -0.2) is 5.83 Å². The molecule has 0 nitrogen and oxygen atoms in total. The second-order valence-electron chi connectivity index (χ2n) is 0.253. The number of rotatable bonds is 1. The van der Waals surface area contributed by atoms with E-state index in [1.807, 2.05) is 0 Å². The fourth-order valence-electron chi connectivity index (χ4n) is 0. The van der Waals surface area contributed by atoms with Crippen LogP contribution in [0.3, 0.4) is 0 Å². The average molecular weight is 80.6 g/mol. The van der Waals surface area contributed by atoms with E-state index >= 15 is 0 Å². The van der Waals surface area contributed by atoms with Gasteiger partial charge in [0.15, 0.2) is 0 Å². The molecule has 0 aliphatic heterocycles. The first-order chi connectivity index (χ1) is 3.42. The van der Waals surface area contributed by atoms with E-state index in [1.165, 1.54) is 0 Å². The van der Waals surface area contributed by atoms with Gasteiger partial charge in [-0.15, -0.1) is 18.1 Å². The molecular weight excluding hydrogens is 71.5 g/mol. The van der Waals surface area contributed by atoms with E-state index in [9.17, 15) is 0 Å². The number of alkyl halides is 1. The molecule has 0 N–H and O–H groups in total. The van der Waals surface area contributed by atoms with E-state index < -0.39 is 12.4 Å². The summed E-state index contributed by atoms with van der Waals surface area (Å²) in [6, 6.07) is 0. The van der Waals surface area contributed by atoms with Crippen molar-refractivity contribution < 1.29 is 5.48 Å². The van der Waals surface area contributed by atoms with E-state index in [2.05, 4.69) is 0 Å². The Kier molecular flexibility index (Phi) is 0.567. The van der Waals surface area contributed by atoms with E-state index in [0.717, 1.165) is 0 Å².